The molecule has 0 saturated carbocycles. The molecule has 0 fully saturated rings. The molecule has 0 bridgehead atoms. The third-order valence-corrected chi connectivity index (χ3v) is 4.05. The van der Waals surface area contributed by atoms with Crippen molar-refractivity contribution in [3.05, 3.63) is 40.4 Å². The Labute approximate surface area is 131 Å². The van der Waals surface area contributed by atoms with Crippen molar-refractivity contribution in [2.45, 2.75) is 39.0 Å². The molecule has 0 spiro atoms. The van der Waals surface area contributed by atoms with Crippen LogP contribution in [0.25, 0.3) is 0 Å². The van der Waals surface area contributed by atoms with Crippen LogP contribution in [0.4, 0.5) is 5.69 Å². The summed E-state index contributed by atoms with van der Waals surface area (Å²) < 4.78 is 0. The number of allylic oxidation sites excluding steroid dienone is 1. The van der Waals surface area contributed by atoms with Gasteiger partial charge in [0, 0.05) is 6.54 Å². The van der Waals surface area contributed by atoms with Crippen LogP contribution in [-0.2, 0) is 0 Å². The van der Waals surface area contributed by atoms with Crippen molar-refractivity contribution < 1.29 is 0 Å². The molecule has 0 saturated heterocycles. The quantitative estimate of drug-likeness (QED) is 0.615. The highest BCUT2D eigenvalue weighted by Gasteiger charge is 2.05. The van der Waals surface area contributed by atoms with Crippen LogP contribution >= 0.6 is 23.8 Å². The van der Waals surface area contributed by atoms with Gasteiger partial charge < -0.3 is 10.6 Å². The van der Waals surface area contributed by atoms with Crippen molar-refractivity contribution in [1.29, 1.82) is 0 Å². The fourth-order valence-electron chi connectivity index (χ4n) is 2.36. The summed E-state index contributed by atoms with van der Waals surface area (Å²) in [6.07, 6.45) is 8.58. The number of nitrogens with one attached hydrogen (secondary N) is 2. The van der Waals surface area contributed by atoms with E-state index in [0.717, 1.165) is 24.2 Å². The largest absolute Gasteiger partial charge is 0.362 e. The molecule has 0 atom stereocenters. The third kappa shape index (κ3) is 4.80. The van der Waals surface area contributed by atoms with E-state index >= 15 is 0 Å². The molecule has 1 aromatic carbocycles. The molecule has 4 heteroatoms. The average molecular weight is 309 g/mol. The van der Waals surface area contributed by atoms with Gasteiger partial charge in [-0.3, -0.25) is 0 Å². The zero-order chi connectivity index (χ0) is 14.4. The van der Waals surface area contributed by atoms with E-state index in [1.54, 1.807) is 5.57 Å². The van der Waals surface area contributed by atoms with Crippen molar-refractivity contribution in [3.63, 3.8) is 0 Å². The molecule has 0 heterocycles. The summed E-state index contributed by atoms with van der Waals surface area (Å²) in [5, 5.41) is 7.72. The van der Waals surface area contributed by atoms with Gasteiger partial charge in [-0.1, -0.05) is 29.3 Å². The standard InChI is InChI=1S/C16H21ClN2S/c1-12-7-8-15(14(17)11-12)19-16(20)18-10-9-13-5-3-2-4-6-13/h5,7-8,11H,2-4,6,9-10H2,1H3,(H2,18,19,20). The fourth-order valence-corrected chi connectivity index (χ4v) is 2.85. The first-order chi connectivity index (χ1) is 9.65. The van der Waals surface area contributed by atoms with Crippen LogP contribution in [0.1, 0.15) is 37.7 Å². The van der Waals surface area contributed by atoms with Gasteiger partial charge in [-0.15, -0.1) is 0 Å². The minimum Gasteiger partial charge on any atom is -0.362 e. The molecule has 0 amide bonds. The predicted molar refractivity (Wildman–Crippen MR) is 91.6 cm³/mol. The highest BCUT2D eigenvalue weighted by Crippen LogP contribution is 2.22. The molecule has 0 aliphatic heterocycles. The van der Waals surface area contributed by atoms with E-state index in [0.29, 0.717) is 10.1 Å². The molecule has 1 aromatic rings. The van der Waals surface area contributed by atoms with Crippen molar-refractivity contribution in [1.82, 2.24) is 5.32 Å². The molecule has 0 aromatic heterocycles. The summed E-state index contributed by atoms with van der Waals surface area (Å²) in [5.41, 5.74) is 3.55. The second-order valence-corrected chi connectivity index (χ2v) is 6.04. The lowest BCUT2D eigenvalue weighted by atomic mass is 9.97. The van der Waals surface area contributed by atoms with Crippen LogP contribution < -0.4 is 10.6 Å². The Kier molecular flexibility index (Phi) is 5.86. The number of hydrogen-bond donors (Lipinski definition) is 2. The maximum atomic E-state index is 6.17. The zero-order valence-corrected chi connectivity index (χ0v) is 13.4. The molecule has 0 unspecified atom stereocenters. The maximum Gasteiger partial charge on any atom is 0.170 e. The number of aryl methyl sites for hydroxylation is 1. The Morgan fingerprint density at radius 2 is 2.20 bits per heavy atom. The van der Waals surface area contributed by atoms with Gasteiger partial charge in [0.15, 0.2) is 5.11 Å². The fraction of sp³-hybridized carbons (Fsp3) is 0.438. The van der Waals surface area contributed by atoms with Crippen molar-refractivity contribution in [2.75, 3.05) is 11.9 Å². The molecule has 0 radical (unpaired) electrons. The summed E-state index contributed by atoms with van der Waals surface area (Å²) in [5.74, 6) is 0. The minimum absolute atomic E-state index is 0.632. The lowest BCUT2D eigenvalue weighted by Crippen LogP contribution is -2.29. The SMILES string of the molecule is Cc1ccc(NC(=S)NCCC2=CCCCC2)c(Cl)c1. The lowest BCUT2D eigenvalue weighted by molar-refractivity contribution is 0.669. The van der Waals surface area contributed by atoms with Gasteiger partial charge in [-0.2, -0.15) is 0 Å². The number of hydrogen-bond acceptors (Lipinski definition) is 1. The Hall–Kier alpha value is -1.06. The topological polar surface area (TPSA) is 24.1 Å². The Morgan fingerprint density at radius 3 is 2.90 bits per heavy atom. The number of benzene rings is 1. The van der Waals surface area contributed by atoms with E-state index in [1.165, 1.54) is 25.7 Å². The summed E-state index contributed by atoms with van der Waals surface area (Å²) in [6.45, 7) is 2.89. The van der Waals surface area contributed by atoms with Gasteiger partial charge in [0.05, 0.1) is 10.7 Å². The molecule has 2 rings (SSSR count). The second kappa shape index (κ2) is 7.65. The highest BCUT2D eigenvalue weighted by atomic mass is 35.5. The normalized spacial score (nSPS) is 14.6. The van der Waals surface area contributed by atoms with Crippen LogP contribution in [0, 0.1) is 6.92 Å². The number of rotatable bonds is 4. The molecule has 1 aliphatic carbocycles. The first-order valence-electron chi connectivity index (χ1n) is 7.14. The van der Waals surface area contributed by atoms with E-state index in [-0.39, 0.29) is 0 Å². The monoisotopic (exact) mass is 308 g/mol. The highest BCUT2D eigenvalue weighted by molar-refractivity contribution is 7.80. The van der Waals surface area contributed by atoms with Crippen molar-refractivity contribution in [2.24, 2.45) is 0 Å². The number of thiocarbonyl (C=S) groups is 1. The molecule has 108 valence electrons. The zero-order valence-electron chi connectivity index (χ0n) is 11.8. The summed E-state index contributed by atoms with van der Waals surface area (Å²) >= 11 is 11.5. The van der Waals surface area contributed by atoms with E-state index in [9.17, 15) is 0 Å². The molecule has 1 aliphatic rings. The summed E-state index contributed by atoms with van der Waals surface area (Å²) in [7, 11) is 0. The van der Waals surface area contributed by atoms with E-state index < -0.39 is 0 Å². The Bertz CT molecular complexity index is 511. The van der Waals surface area contributed by atoms with Crippen LogP contribution in [0.2, 0.25) is 5.02 Å². The molecule has 20 heavy (non-hydrogen) atoms. The first kappa shape index (κ1) is 15.3. The van der Waals surface area contributed by atoms with E-state index in [4.69, 9.17) is 23.8 Å². The molecular formula is C16H21ClN2S. The van der Waals surface area contributed by atoms with E-state index in [1.807, 2.05) is 25.1 Å². The van der Waals surface area contributed by atoms with Crippen LogP contribution in [0.3, 0.4) is 0 Å². The van der Waals surface area contributed by atoms with Gasteiger partial charge in [-0.25, -0.2) is 0 Å². The molecule has 2 N–H and O–H groups in total. The van der Waals surface area contributed by atoms with Crippen LogP contribution in [0.5, 0.6) is 0 Å². The maximum absolute atomic E-state index is 6.17. The lowest BCUT2D eigenvalue weighted by Gasteiger charge is -2.15. The average Bonchev–Trinajstić information content (AvgIpc) is 2.43. The Balaban J connectivity index is 1.76. The first-order valence-corrected chi connectivity index (χ1v) is 7.92. The van der Waals surface area contributed by atoms with Gasteiger partial charge in [0.1, 0.15) is 0 Å². The molecular weight excluding hydrogens is 288 g/mol. The number of anilines is 1. The van der Waals surface area contributed by atoms with Gasteiger partial charge in [0.25, 0.3) is 0 Å². The Morgan fingerprint density at radius 1 is 1.35 bits per heavy atom. The van der Waals surface area contributed by atoms with Gasteiger partial charge in [-0.05, 0) is 68.9 Å². The smallest absolute Gasteiger partial charge is 0.170 e. The van der Waals surface area contributed by atoms with Gasteiger partial charge in [0.2, 0.25) is 0 Å². The van der Waals surface area contributed by atoms with Crippen LogP contribution in [-0.4, -0.2) is 11.7 Å². The van der Waals surface area contributed by atoms with Crippen molar-refractivity contribution >= 4 is 34.6 Å². The summed E-state index contributed by atoms with van der Waals surface area (Å²) in [6, 6.07) is 5.90. The summed E-state index contributed by atoms with van der Waals surface area (Å²) in [4.78, 5) is 0. The molecule has 2 nitrogen and oxygen atoms in total. The number of halogens is 1. The van der Waals surface area contributed by atoms with Gasteiger partial charge >= 0.3 is 0 Å². The minimum atomic E-state index is 0.632. The third-order valence-electron chi connectivity index (χ3n) is 3.49. The van der Waals surface area contributed by atoms with E-state index in [2.05, 4.69) is 16.7 Å². The van der Waals surface area contributed by atoms with Crippen molar-refractivity contribution in [3.8, 4) is 0 Å². The van der Waals surface area contributed by atoms with Crippen LogP contribution in [0.15, 0.2) is 29.8 Å². The predicted octanol–water partition coefficient (Wildman–Crippen LogP) is 4.83. The second-order valence-electron chi connectivity index (χ2n) is 5.22.